The van der Waals surface area contributed by atoms with E-state index in [1.54, 1.807) is 19.2 Å². The molecular formula is C24H35FNO3P. The van der Waals surface area contributed by atoms with Crippen molar-refractivity contribution in [3.05, 3.63) is 47.3 Å². The van der Waals surface area contributed by atoms with E-state index in [9.17, 15) is 9.50 Å². The monoisotopic (exact) mass is 435 g/mol. The Bertz CT molecular complexity index is 860. The molecular weight excluding hydrogens is 400 g/mol. The lowest BCUT2D eigenvalue weighted by atomic mass is 9.91. The minimum atomic E-state index is -0.319. The molecule has 1 unspecified atom stereocenters. The Balaban J connectivity index is 2.55. The molecule has 0 amide bonds. The quantitative estimate of drug-likeness (QED) is 0.514. The van der Waals surface area contributed by atoms with E-state index < -0.39 is 0 Å². The number of aromatic hydroxyl groups is 1. The molecule has 0 saturated carbocycles. The van der Waals surface area contributed by atoms with E-state index in [1.807, 2.05) is 12.1 Å². The summed E-state index contributed by atoms with van der Waals surface area (Å²) in [5.41, 5.74) is 1.68. The predicted molar refractivity (Wildman–Crippen MR) is 124 cm³/mol. The van der Waals surface area contributed by atoms with Crippen LogP contribution < -0.4 is 20.1 Å². The number of rotatable bonds is 9. The minimum absolute atomic E-state index is 0.0717. The number of nitrogens with one attached hydrogen (secondary N) is 1. The van der Waals surface area contributed by atoms with Crippen molar-refractivity contribution in [2.75, 3.05) is 14.2 Å². The zero-order valence-electron chi connectivity index (χ0n) is 19.1. The summed E-state index contributed by atoms with van der Waals surface area (Å²) in [6, 6.07) is 8.60. The van der Waals surface area contributed by atoms with Crippen LogP contribution >= 0.6 is 8.58 Å². The Morgan fingerprint density at radius 1 is 1.03 bits per heavy atom. The molecule has 2 rings (SSSR count). The zero-order valence-corrected chi connectivity index (χ0v) is 20.1. The topological polar surface area (TPSA) is 50.7 Å². The number of benzene rings is 2. The number of halogens is 1. The van der Waals surface area contributed by atoms with Crippen LogP contribution in [0.15, 0.2) is 30.3 Å². The van der Waals surface area contributed by atoms with Gasteiger partial charge in [0.15, 0.2) is 11.5 Å². The molecule has 0 aliphatic carbocycles. The molecule has 0 heterocycles. The first kappa shape index (κ1) is 24.4. The lowest BCUT2D eigenvalue weighted by molar-refractivity contribution is 0.355. The fraction of sp³-hybridized carbons (Fsp3) is 0.500. The van der Waals surface area contributed by atoms with Crippen molar-refractivity contribution in [1.29, 1.82) is 0 Å². The van der Waals surface area contributed by atoms with Gasteiger partial charge < -0.3 is 19.9 Å². The van der Waals surface area contributed by atoms with Crippen LogP contribution in [0.1, 0.15) is 58.6 Å². The maximum atomic E-state index is 14.1. The molecule has 2 N–H and O–H groups in total. The maximum Gasteiger partial charge on any atom is 0.164 e. The van der Waals surface area contributed by atoms with E-state index in [-0.39, 0.29) is 22.3 Å². The third kappa shape index (κ3) is 5.65. The molecule has 0 bridgehead atoms. The van der Waals surface area contributed by atoms with Crippen LogP contribution in [0.3, 0.4) is 0 Å². The van der Waals surface area contributed by atoms with Gasteiger partial charge in [-0.3, -0.25) is 0 Å². The standard InChI is InChI=1S/C24H35FNO3P/c1-8-24(9-2,19-13-18(28-6)14-20(29-7)22(19)27)30-21-11-10-17(25)12-16(21)15-26-23(3,4)5/h10-14,26-27,30H,8-9,15H2,1-7H3. The Hall–Kier alpha value is -1.84. The number of methoxy groups -OCH3 is 2. The van der Waals surface area contributed by atoms with Crippen LogP contribution in [-0.4, -0.2) is 24.9 Å². The molecule has 1 atom stereocenters. The molecule has 0 saturated heterocycles. The lowest BCUT2D eigenvalue weighted by Crippen LogP contribution is -2.36. The lowest BCUT2D eigenvalue weighted by Gasteiger charge is -2.34. The number of phenolic OH excluding ortho intramolecular Hbond substituents is 1. The highest BCUT2D eigenvalue weighted by Gasteiger charge is 2.34. The molecule has 0 aromatic heterocycles. The fourth-order valence-corrected chi connectivity index (χ4v) is 5.23. The minimum Gasteiger partial charge on any atom is -0.504 e. The average molecular weight is 436 g/mol. The Morgan fingerprint density at radius 2 is 1.70 bits per heavy atom. The molecule has 0 aliphatic rings. The van der Waals surface area contributed by atoms with Crippen molar-refractivity contribution in [2.45, 2.75) is 64.7 Å². The molecule has 4 nitrogen and oxygen atoms in total. The van der Waals surface area contributed by atoms with E-state index in [0.29, 0.717) is 26.6 Å². The van der Waals surface area contributed by atoms with Crippen LogP contribution in [0.2, 0.25) is 0 Å². The van der Waals surface area contributed by atoms with E-state index in [1.165, 1.54) is 13.2 Å². The molecule has 0 aliphatic heterocycles. The summed E-state index contributed by atoms with van der Waals surface area (Å²) in [6.45, 7) is 11.1. The van der Waals surface area contributed by atoms with Crippen LogP contribution in [0.4, 0.5) is 4.39 Å². The molecule has 6 heteroatoms. The second-order valence-corrected chi connectivity index (χ2v) is 10.3. The summed E-state index contributed by atoms with van der Waals surface area (Å²) in [5.74, 6) is 0.948. The first-order chi connectivity index (χ1) is 14.1. The van der Waals surface area contributed by atoms with Crippen molar-refractivity contribution < 1.29 is 19.0 Å². The van der Waals surface area contributed by atoms with Gasteiger partial charge in [0.1, 0.15) is 11.6 Å². The summed E-state index contributed by atoms with van der Waals surface area (Å²) in [6.07, 6.45) is 1.63. The van der Waals surface area contributed by atoms with Gasteiger partial charge in [0.25, 0.3) is 0 Å². The van der Waals surface area contributed by atoms with Crippen LogP contribution in [0, 0.1) is 5.82 Å². The Morgan fingerprint density at radius 3 is 2.23 bits per heavy atom. The number of phenols is 1. The highest BCUT2D eigenvalue weighted by molar-refractivity contribution is 7.48. The molecule has 2 aromatic rings. The third-order valence-corrected chi connectivity index (χ3v) is 7.69. The van der Waals surface area contributed by atoms with Crippen LogP contribution in [-0.2, 0) is 11.7 Å². The first-order valence-electron chi connectivity index (χ1n) is 10.4. The Kier molecular flexibility index (Phi) is 8.13. The normalized spacial score (nSPS) is 12.5. The molecule has 0 radical (unpaired) electrons. The highest BCUT2D eigenvalue weighted by atomic mass is 31.1. The van der Waals surface area contributed by atoms with E-state index in [0.717, 1.165) is 29.3 Å². The van der Waals surface area contributed by atoms with Gasteiger partial charge in [-0.25, -0.2) is 4.39 Å². The van der Waals surface area contributed by atoms with Gasteiger partial charge >= 0.3 is 0 Å². The van der Waals surface area contributed by atoms with Gasteiger partial charge in [-0.15, -0.1) is 0 Å². The van der Waals surface area contributed by atoms with Crippen LogP contribution in [0.5, 0.6) is 17.2 Å². The van der Waals surface area contributed by atoms with Crippen molar-refractivity contribution in [3.8, 4) is 17.2 Å². The Labute approximate surface area is 182 Å². The average Bonchev–Trinajstić information content (AvgIpc) is 2.71. The number of hydrogen-bond acceptors (Lipinski definition) is 4. The van der Waals surface area contributed by atoms with Crippen molar-refractivity contribution in [1.82, 2.24) is 5.32 Å². The van der Waals surface area contributed by atoms with Gasteiger partial charge in [-0.05, 0) is 62.7 Å². The molecule has 166 valence electrons. The second kappa shape index (κ2) is 9.98. The number of hydrogen-bond donors (Lipinski definition) is 2. The summed E-state index contributed by atoms with van der Waals surface area (Å²) >= 11 is 0. The summed E-state index contributed by atoms with van der Waals surface area (Å²) < 4.78 is 24.9. The molecule has 0 spiro atoms. The predicted octanol–water partition coefficient (Wildman–Crippen LogP) is 5.46. The zero-order chi connectivity index (χ0) is 22.5. The van der Waals surface area contributed by atoms with Crippen molar-refractivity contribution >= 4 is 13.9 Å². The van der Waals surface area contributed by atoms with Gasteiger partial charge in [0, 0.05) is 28.9 Å². The SMILES string of the molecule is CCC(CC)(Pc1ccc(F)cc1CNC(C)(C)C)c1cc(OC)cc(OC)c1O. The maximum absolute atomic E-state index is 14.1. The van der Waals surface area contributed by atoms with Crippen LogP contribution in [0.25, 0.3) is 0 Å². The van der Waals surface area contributed by atoms with Crippen molar-refractivity contribution in [2.24, 2.45) is 0 Å². The fourth-order valence-electron chi connectivity index (χ4n) is 3.54. The van der Waals surface area contributed by atoms with Crippen molar-refractivity contribution in [3.63, 3.8) is 0 Å². The van der Waals surface area contributed by atoms with E-state index in [2.05, 4.69) is 39.9 Å². The second-order valence-electron chi connectivity index (χ2n) is 8.55. The first-order valence-corrected chi connectivity index (χ1v) is 11.4. The van der Waals surface area contributed by atoms with Gasteiger partial charge in [0.2, 0.25) is 0 Å². The molecule has 30 heavy (non-hydrogen) atoms. The number of ether oxygens (including phenoxy) is 2. The summed E-state index contributed by atoms with van der Waals surface area (Å²) in [7, 11) is 3.49. The highest BCUT2D eigenvalue weighted by Crippen LogP contribution is 2.53. The van der Waals surface area contributed by atoms with E-state index in [4.69, 9.17) is 9.47 Å². The summed E-state index contributed by atoms with van der Waals surface area (Å²) in [5, 5.41) is 15.2. The molecule has 2 aromatic carbocycles. The largest absolute Gasteiger partial charge is 0.504 e. The third-order valence-electron chi connectivity index (χ3n) is 5.48. The summed E-state index contributed by atoms with van der Waals surface area (Å²) in [4.78, 5) is 0. The smallest absolute Gasteiger partial charge is 0.164 e. The molecule has 0 fully saturated rings. The van der Waals surface area contributed by atoms with Gasteiger partial charge in [-0.1, -0.05) is 28.5 Å². The van der Waals surface area contributed by atoms with Gasteiger partial charge in [-0.2, -0.15) is 0 Å². The van der Waals surface area contributed by atoms with Gasteiger partial charge in [0.05, 0.1) is 14.2 Å². The van der Waals surface area contributed by atoms with E-state index >= 15 is 0 Å².